The maximum absolute atomic E-state index is 13.0. The van der Waals surface area contributed by atoms with Crippen LogP contribution in [-0.4, -0.2) is 26.4 Å². The van der Waals surface area contributed by atoms with Crippen LogP contribution in [0.4, 0.5) is 22.0 Å². The summed E-state index contributed by atoms with van der Waals surface area (Å²) in [6, 6.07) is 0. The van der Waals surface area contributed by atoms with Crippen molar-refractivity contribution in [2.24, 2.45) is 0 Å². The first-order chi connectivity index (χ1) is 8.30. The predicted octanol–water partition coefficient (Wildman–Crippen LogP) is 2.91. The minimum atomic E-state index is -5.69. The van der Waals surface area contributed by atoms with Gasteiger partial charge in [-0.25, -0.2) is 4.68 Å². The molecule has 1 aromatic rings. The molecule has 0 atom stereocenters. The van der Waals surface area contributed by atoms with E-state index >= 15 is 0 Å². The van der Waals surface area contributed by atoms with Crippen molar-refractivity contribution >= 4 is 0 Å². The van der Waals surface area contributed by atoms with E-state index in [-0.39, 0.29) is 6.54 Å². The van der Waals surface area contributed by atoms with Gasteiger partial charge in [0.1, 0.15) is 0 Å². The van der Waals surface area contributed by atoms with Gasteiger partial charge in [-0.2, -0.15) is 22.0 Å². The van der Waals surface area contributed by atoms with Crippen LogP contribution >= 0.6 is 0 Å². The van der Waals surface area contributed by atoms with Gasteiger partial charge in [-0.15, -0.1) is 5.10 Å². The van der Waals surface area contributed by atoms with E-state index < -0.39 is 17.9 Å². The Labute approximate surface area is 100 Å². The molecule has 0 radical (unpaired) electrons. The van der Waals surface area contributed by atoms with E-state index in [0.717, 1.165) is 19.3 Å². The van der Waals surface area contributed by atoms with E-state index in [9.17, 15) is 22.0 Å². The molecule has 0 unspecified atom stereocenters. The third-order valence-corrected chi connectivity index (χ3v) is 2.39. The topological polar surface area (TPSA) is 43.6 Å². The van der Waals surface area contributed by atoms with Gasteiger partial charge in [0, 0.05) is 6.54 Å². The van der Waals surface area contributed by atoms with Crippen LogP contribution in [0.2, 0.25) is 0 Å². The second-order valence-corrected chi connectivity index (χ2v) is 3.86. The van der Waals surface area contributed by atoms with Gasteiger partial charge >= 0.3 is 12.1 Å². The molecule has 0 bridgehead atoms. The van der Waals surface area contributed by atoms with Crippen molar-refractivity contribution in [2.45, 2.75) is 51.3 Å². The lowest BCUT2D eigenvalue weighted by molar-refractivity contribution is -0.293. The highest BCUT2D eigenvalue weighted by atomic mass is 19.4. The maximum atomic E-state index is 13.0. The van der Waals surface area contributed by atoms with Gasteiger partial charge in [0.2, 0.25) is 5.82 Å². The Morgan fingerprint density at radius 3 is 2.28 bits per heavy atom. The molecule has 0 aliphatic rings. The zero-order valence-corrected chi connectivity index (χ0v) is 9.71. The van der Waals surface area contributed by atoms with Crippen molar-refractivity contribution in [1.82, 2.24) is 20.2 Å². The number of rotatable bonds is 6. The van der Waals surface area contributed by atoms with Crippen molar-refractivity contribution < 1.29 is 22.0 Å². The molecule has 0 spiro atoms. The molecule has 0 aliphatic carbocycles. The summed E-state index contributed by atoms with van der Waals surface area (Å²) in [5, 5.41) is 8.84. The number of unbranched alkanes of at least 4 members (excludes halogenated alkanes) is 3. The SMILES string of the molecule is CCCCCCn1nnnc1C(F)(F)C(F)(F)F. The fourth-order valence-electron chi connectivity index (χ4n) is 1.40. The quantitative estimate of drug-likeness (QED) is 0.590. The molecule has 0 aromatic carbocycles. The second-order valence-electron chi connectivity index (χ2n) is 3.86. The van der Waals surface area contributed by atoms with Gasteiger partial charge in [0.15, 0.2) is 0 Å². The van der Waals surface area contributed by atoms with Crippen LogP contribution < -0.4 is 0 Å². The van der Waals surface area contributed by atoms with Crippen LogP contribution in [0.3, 0.4) is 0 Å². The smallest absolute Gasteiger partial charge is 0.224 e. The lowest BCUT2D eigenvalue weighted by Gasteiger charge is -2.18. The predicted molar refractivity (Wildman–Crippen MR) is 51.9 cm³/mol. The van der Waals surface area contributed by atoms with Gasteiger partial charge in [-0.1, -0.05) is 26.2 Å². The number of halogens is 5. The maximum Gasteiger partial charge on any atom is 0.461 e. The zero-order valence-electron chi connectivity index (χ0n) is 9.71. The van der Waals surface area contributed by atoms with E-state index in [4.69, 9.17) is 0 Å². The summed E-state index contributed by atoms with van der Waals surface area (Å²) < 4.78 is 63.1. The van der Waals surface area contributed by atoms with Gasteiger partial charge < -0.3 is 0 Å². The standard InChI is InChI=1S/C9H13F5N4/c1-2-3-4-5-6-18-7(15-16-17-18)8(10,11)9(12,13)14/h2-6H2,1H3. The summed E-state index contributed by atoms with van der Waals surface area (Å²) in [6.07, 6.45) is -2.69. The molecular formula is C9H13F5N4. The lowest BCUT2D eigenvalue weighted by atomic mass is 10.2. The first-order valence-corrected chi connectivity index (χ1v) is 5.52. The van der Waals surface area contributed by atoms with Gasteiger partial charge in [-0.3, -0.25) is 0 Å². The molecule has 1 rings (SSSR count). The fraction of sp³-hybridized carbons (Fsp3) is 0.889. The van der Waals surface area contributed by atoms with Crippen LogP contribution in [0.15, 0.2) is 0 Å². The number of aromatic nitrogens is 4. The molecule has 18 heavy (non-hydrogen) atoms. The van der Waals surface area contributed by atoms with Crippen LogP contribution in [-0.2, 0) is 12.5 Å². The Hall–Kier alpha value is -1.28. The fourth-order valence-corrected chi connectivity index (χ4v) is 1.40. The highest BCUT2D eigenvalue weighted by Crippen LogP contribution is 2.42. The first kappa shape index (κ1) is 14.8. The summed E-state index contributed by atoms with van der Waals surface area (Å²) in [5.41, 5.74) is 0. The third-order valence-electron chi connectivity index (χ3n) is 2.39. The van der Waals surface area contributed by atoms with Gasteiger partial charge in [0.05, 0.1) is 0 Å². The monoisotopic (exact) mass is 272 g/mol. The van der Waals surface area contributed by atoms with Crippen LogP contribution in [0, 0.1) is 0 Å². The van der Waals surface area contributed by atoms with E-state index in [1.807, 2.05) is 6.92 Å². The van der Waals surface area contributed by atoms with Crippen molar-refractivity contribution in [3.63, 3.8) is 0 Å². The van der Waals surface area contributed by atoms with E-state index in [2.05, 4.69) is 15.5 Å². The summed E-state index contributed by atoms with van der Waals surface area (Å²) in [4.78, 5) is 0. The molecule has 9 heteroatoms. The molecule has 0 amide bonds. The van der Waals surface area contributed by atoms with Gasteiger partial charge in [0.25, 0.3) is 0 Å². The lowest BCUT2D eigenvalue weighted by Crippen LogP contribution is -2.36. The minimum absolute atomic E-state index is 0.0476. The number of tetrazole rings is 1. The average Bonchev–Trinajstić information content (AvgIpc) is 2.71. The summed E-state index contributed by atoms with van der Waals surface area (Å²) in [6.45, 7) is 1.91. The van der Waals surface area contributed by atoms with Crippen molar-refractivity contribution in [1.29, 1.82) is 0 Å². The summed E-state index contributed by atoms with van der Waals surface area (Å²) >= 11 is 0. The Kier molecular flexibility index (Phi) is 4.58. The van der Waals surface area contributed by atoms with Crippen LogP contribution in [0.1, 0.15) is 38.4 Å². The number of aryl methyl sites for hydroxylation is 1. The van der Waals surface area contributed by atoms with E-state index in [1.54, 1.807) is 0 Å². The minimum Gasteiger partial charge on any atom is -0.224 e. The Morgan fingerprint density at radius 2 is 1.72 bits per heavy atom. The molecule has 0 fully saturated rings. The molecule has 0 saturated carbocycles. The number of hydrogen-bond donors (Lipinski definition) is 0. The molecule has 0 N–H and O–H groups in total. The molecule has 4 nitrogen and oxygen atoms in total. The molecule has 0 saturated heterocycles. The second kappa shape index (κ2) is 5.57. The number of nitrogens with zero attached hydrogens (tertiary/aromatic N) is 4. The van der Waals surface area contributed by atoms with Crippen LogP contribution in [0.25, 0.3) is 0 Å². The Balaban J connectivity index is 2.76. The van der Waals surface area contributed by atoms with Crippen molar-refractivity contribution in [2.75, 3.05) is 0 Å². The number of hydrogen-bond acceptors (Lipinski definition) is 3. The normalized spacial score (nSPS) is 13.0. The first-order valence-electron chi connectivity index (χ1n) is 5.52. The Morgan fingerprint density at radius 1 is 1.06 bits per heavy atom. The Bertz CT molecular complexity index is 373. The average molecular weight is 272 g/mol. The van der Waals surface area contributed by atoms with Gasteiger partial charge in [-0.05, 0) is 16.8 Å². The molecule has 1 aromatic heterocycles. The zero-order chi connectivity index (χ0) is 13.8. The summed E-state index contributed by atoms with van der Waals surface area (Å²) in [5.74, 6) is -6.48. The molecule has 104 valence electrons. The number of alkyl halides is 5. The third kappa shape index (κ3) is 3.14. The molecule has 1 heterocycles. The largest absolute Gasteiger partial charge is 0.461 e. The molecular weight excluding hydrogens is 259 g/mol. The highest BCUT2D eigenvalue weighted by molar-refractivity contribution is 4.98. The van der Waals surface area contributed by atoms with Crippen molar-refractivity contribution in [3.05, 3.63) is 5.82 Å². The van der Waals surface area contributed by atoms with E-state index in [1.165, 1.54) is 0 Å². The van der Waals surface area contributed by atoms with Crippen LogP contribution in [0.5, 0.6) is 0 Å². The summed E-state index contributed by atoms with van der Waals surface area (Å²) in [7, 11) is 0. The van der Waals surface area contributed by atoms with E-state index in [0.29, 0.717) is 11.1 Å². The van der Waals surface area contributed by atoms with Crippen molar-refractivity contribution in [3.8, 4) is 0 Å². The highest BCUT2D eigenvalue weighted by Gasteiger charge is 2.62. The molecule has 0 aliphatic heterocycles.